The predicted molar refractivity (Wildman–Crippen MR) is 63.3 cm³/mol. The van der Waals surface area contributed by atoms with Crippen molar-refractivity contribution < 1.29 is 4.79 Å². The summed E-state index contributed by atoms with van der Waals surface area (Å²) < 4.78 is 1.43. The molecule has 88 valence electrons. The topological polar surface area (TPSA) is 73.8 Å². The highest BCUT2D eigenvalue weighted by molar-refractivity contribution is 6.01. The average molecular weight is 230 g/mol. The van der Waals surface area contributed by atoms with Crippen LogP contribution in [0.2, 0.25) is 0 Å². The van der Waals surface area contributed by atoms with Crippen LogP contribution in [0.25, 0.3) is 0 Å². The van der Waals surface area contributed by atoms with Crippen LogP contribution in [-0.4, -0.2) is 20.8 Å². The largest absolute Gasteiger partial charge is 0.315 e. The Hall–Kier alpha value is -2.01. The molecular formula is C12H14N4O. The smallest absolute Gasteiger partial charge is 0.206 e. The number of aryl methyl sites for hydroxylation is 1. The van der Waals surface area contributed by atoms with Crippen molar-refractivity contribution in [1.29, 1.82) is 0 Å². The minimum atomic E-state index is -1.07. The van der Waals surface area contributed by atoms with E-state index in [9.17, 15) is 4.79 Å². The van der Waals surface area contributed by atoms with Crippen LogP contribution in [0, 0.1) is 0 Å². The lowest BCUT2D eigenvalue weighted by atomic mass is 9.87. The molecule has 1 aromatic carbocycles. The van der Waals surface area contributed by atoms with Crippen molar-refractivity contribution in [2.75, 3.05) is 0 Å². The highest BCUT2D eigenvalue weighted by atomic mass is 16.1. The third kappa shape index (κ3) is 1.97. The van der Waals surface area contributed by atoms with Crippen LogP contribution in [0.1, 0.15) is 23.0 Å². The molecule has 2 N–H and O–H groups in total. The van der Waals surface area contributed by atoms with Gasteiger partial charge >= 0.3 is 0 Å². The fraction of sp³-hybridized carbons (Fsp3) is 0.250. The van der Waals surface area contributed by atoms with E-state index in [0.29, 0.717) is 5.69 Å². The van der Waals surface area contributed by atoms with Crippen LogP contribution in [0.5, 0.6) is 0 Å². The number of nitrogens with two attached hydrogens (primary N) is 1. The Kier molecular flexibility index (Phi) is 2.77. The van der Waals surface area contributed by atoms with Gasteiger partial charge in [-0.3, -0.25) is 4.79 Å². The summed E-state index contributed by atoms with van der Waals surface area (Å²) in [6.07, 6.45) is 1.43. The summed E-state index contributed by atoms with van der Waals surface area (Å²) in [5.41, 5.74) is 6.22. The molecule has 0 fully saturated rings. The third-order valence-corrected chi connectivity index (χ3v) is 2.79. The number of Topliss-reactive ketones (excluding diaryl/α,β-unsaturated/α-hetero) is 1. The summed E-state index contributed by atoms with van der Waals surface area (Å²) in [6, 6.07) is 9.27. The van der Waals surface area contributed by atoms with E-state index >= 15 is 0 Å². The molecule has 0 radical (unpaired) electrons. The van der Waals surface area contributed by atoms with Gasteiger partial charge in [-0.15, -0.1) is 5.10 Å². The second-order valence-corrected chi connectivity index (χ2v) is 4.14. The Morgan fingerprint density at radius 2 is 2.00 bits per heavy atom. The number of nitrogens with zero attached hydrogens (tertiary/aromatic N) is 3. The van der Waals surface area contributed by atoms with Gasteiger partial charge in [0.05, 0.1) is 6.20 Å². The molecule has 0 saturated heterocycles. The average Bonchev–Trinajstić information content (AvgIpc) is 2.75. The predicted octanol–water partition coefficient (Wildman–Crippen LogP) is 0.872. The first-order valence-corrected chi connectivity index (χ1v) is 5.27. The highest BCUT2D eigenvalue weighted by Crippen LogP contribution is 2.21. The molecule has 5 heteroatoms. The van der Waals surface area contributed by atoms with Crippen molar-refractivity contribution in [3.05, 3.63) is 47.8 Å². The van der Waals surface area contributed by atoms with E-state index in [4.69, 9.17) is 5.73 Å². The van der Waals surface area contributed by atoms with Gasteiger partial charge < -0.3 is 5.73 Å². The first-order chi connectivity index (χ1) is 8.03. The summed E-state index contributed by atoms with van der Waals surface area (Å²) in [4.78, 5) is 12.3. The molecule has 1 heterocycles. The summed E-state index contributed by atoms with van der Waals surface area (Å²) in [5.74, 6) is -0.198. The molecule has 0 amide bonds. The van der Waals surface area contributed by atoms with Gasteiger partial charge in [0.25, 0.3) is 0 Å². The Labute approximate surface area is 99.2 Å². The highest BCUT2D eigenvalue weighted by Gasteiger charge is 2.33. The quantitative estimate of drug-likeness (QED) is 0.794. The summed E-state index contributed by atoms with van der Waals surface area (Å²) in [6.45, 7) is 1.69. The molecule has 5 nitrogen and oxygen atoms in total. The third-order valence-electron chi connectivity index (χ3n) is 2.79. The fourth-order valence-electron chi connectivity index (χ4n) is 1.68. The van der Waals surface area contributed by atoms with Crippen LogP contribution in [-0.2, 0) is 12.6 Å². The van der Waals surface area contributed by atoms with Gasteiger partial charge in [0.2, 0.25) is 5.78 Å². The van der Waals surface area contributed by atoms with Gasteiger partial charge in [-0.25, -0.2) is 4.68 Å². The summed E-state index contributed by atoms with van der Waals surface area (Å²) >= 11 is 0. The van der Waals surface area contributed by atoms with E-state index in [1.807, 2.05) is 30.3 Å². The Morgan fingerprint density at radius 3 is 2.53 bits per heavy atom. The first-order valence-electron chi connectivity index (χ1n) is 5.27. The maximum Gasteiger partial charge on any atom is 0.206 e. The van der Waals surface area contributed by atoms with Crippen LogP contribution in [0.4, 0.5) is 0 Å². The lowest BCUT2D eigenvalue weighted by Gasteiger charge is -2.23. The van der Waals surface area contributed by atoms with Gasteiger partial charge in [0.15, 0.2) is 0 Å². The van der Waals surface area contributed by atoms with E-state index in [1.54, 1.807) is 14.0 Å². The standard InChI is InChI=1S/C12H14N4O/c1-12(13,9-6-4-3-5-7-9)11(17)10-8-14-15-16(10)2/h3-8H,13H2,1-2H3. The molecule has 1 atom stereocenters. The molecular weight excluding hydrogens is 216 g/mol. The SMILES string of the molecule is Cn1nncc1C(=O)C(C)(N)c1ccccc1. The van der Waals surface area contributed by atoms with Crippen molar-refractivity contribution in [1.82, 2.24) is 15.0 Å². The summed E-state index contributed by atoms with van der Waals surface area (Å²) in [7, 11) is 1.67. The summed E-state index contributed by atoms with van der Waals surface area (Å²) in [5, 5.41) is 7.42. The second kappa shape index (κ2) is 4.10. The zero-order valence-corrected chi connectivity index (χ0v) is 9.79. The molecule has 1 unspecified atom stereocenters. The molecule has 0 aliphatic carbocycles. The molecule has 0 spiro atoms. The molecule has 17 heavy (non-hydrogen) atoms. The van der Waals surface area contributed by atoms with Crippen LogP contribution < -0.4 is 5.73 Å². The van der Waals surface area contributed by atoms with Crippen molar-refractivity contribution in [3.8, 4) is 0 Å². The van der Waals surface area contributed by atoms with Gasteiger partial charge in [-0.05, 0) is 12.5 Å². The van der Waals surface area contributed by atoms with E-state index in [1.165, 1.54) is 10.9 Å². The van der Waals surface area contributed by atoms with E-state index in [-0.39, 0.29) is 5.78 Å². The lowest BCUT2D eigenvalue weighted by Crippen LogP contribution is -2.42. The number of carbonyl (C=O) groups excluding carboxylic acids is 1. The Bertz CT molecular complexity index is 530. The monoisotopic (exact) mass is 230 g/mol. The molecule has 0 bridgehead atoms. The lowest BCUT2D eigenvalue weighted by molar-refractivity contribution is 0.0890. The number of hydrogen-bond acceptors (Lipinski definition) is 4. The molecule has 0 saturated carbocycles. The second-order valence-electron chi connectivity index (χ2n) is 4.14. The molecule has 2 rings (SSSR count). The number of benzene rings is 1. The molecule has 1 aromatic heterocycles. The van der Waals surface area contributed by atoms with Crippen molar-refractivity contribution in [2.24, 2.45) is 12.8 Å². The maximum atomic E-state index is 12.3. The van der Waals surface area contributed by atoms with Crippen LogP contribution >= 0.6 is 0 Å². The van der Waals surface area contributed by atoms with E-state index in [0.717, 1.165) is 5.56 Å². The van der Waals surface area contributed by atoms with Crippen LogP contribution in [0.15, 0.2) is 36.5 Å². The zero-order valence-electron chi connectivity index (χ0n) is 9.79. The molecule has 2 aromatic rings. The van der Waals surface area contributed by atoms with Gasteiger partial charge in [0.1, 0.15) is 11.2 Å². The normalized spacial score (nSPS) is 14.3. The Morgan fingerprint density at radius 1 is 1.35 bits per heavy atom. The number of aromatic nitrogens is 3. The van der Waals surface area contributed by atoms with Crippen molar-refractivity contribution >= 4 is 5.78 Å². The van der Waals surface area contributed by atoms with Crippen molar-refractivity contribution in [2.45, 2.75) is 12.5 Å². The van der Waals surface area contributed by atoms with Gasteiger partial charge in [-0.2, -0.15) is 0 Å². The first kappa shape index (κ1) is 11.5. The maximum absolute atomic E-state index is 12.3. The van der Waals surface area contributed by atoms with Gasteiger partial charge in [0, 0.05) is 7.05 Å². The van der Waals surface area contributed by atoms with Gasteiger partial charge in [-0.1, -0.05) is 35.5 Å². The van der Waals surface area contributed by atoms with Crippen molar-refractivity contribution in [3.63, 3.8) is 0 Å². The minimum absolute atomic E-state index is 0.198. The molecule has 0 aliphatic heterocycles. The number of hydrogen-bond donors (Lipinski definition) is 1. The van der Waals surface area contributed by atoms with E-state index < -0.39 is 5.54 Å². The molecule has 0 aliphatic rings. The Balaban J connectivity index is 2.40. The number of rotatable bonds is 3. The fourth-order valence-corrected chi connectivity index (χ4v) is 1.68. The van der Waals surface area contributed by atoms with E-state index in [2.05, 4.69) is 10.3 Å². The van der Waals surface area contributed by atoms with Crippen LogP contribution in [0.3, 0.4) is 0 Å². The zero-order chi connectivity index (χ0) is 12.5. The number of ketones is 1. The number of carbonyl (C=O) groups is 1. The minimum Gasteiger partial charge on any atom is -0.315 e.